The number of nitrogens with zero attached hydrogens (tertiary/aromatic N) is 2. The standard InChI is InChI=1S/C12H20ClN3/c1-5-10-11(13)15-7-16-12(10)14-6-9(4)8(2)3/h7-9H,5-6H2,1-4H3,(H,14,15,16). The van der Waals surface area contributed by atoms with E-state index in [9.17, 15) is 0 Å². The minimum atomic E-state index is 0.553. The van der Waals surface area contributed by atoms with Crippen LogP contribution in [0.3, 0.4) is 0 Å². The summed E-state index contributed by atoms with van der Waals surface area (Å²) in [4.78, 5) is 8.22. The molecule has 0 aliphatic rings. The lowest BCUT2D eigenvalue weighted by Gasteiger charge is -2.17. The van der Waals surface area contributed by atoms with Gasteiger partial charge >= 0.3 is 0 Å². The van der Waals surface area contributed by atoms with E-state index in [0.717, 1.165) is 24.3 Å². The Kier molecular flexibility index (Phi) is 5.00. The molecule has 1 aromatic heterocycles. The van der Waals surface area contributed by atoms with Crippen LogP contribution in [0.5, 0.6) is 0 Å². The summed E-state index contributed by atoms with van der Waals surface area (Å²) in [7, 11) is 0. The molecule has 1 N–H and O–H groups in total. The van der Waals surface area contributed by atoms with Gasteiger partial charge < -0.3 is 5.32 Å². The van der Waals surface area contributed by atoms with E-state index in [4.69, 9.17) is 11.6 Å². The predicted octanol–water partition coefficient (Wildman–Crippen LogP) is 3.40. The molecular weight excluding hydrogens is 222 g/mol. The number of rotatable bonds is 5. The van der Waals surface area contributed by atoms with E-state index >= 15 is 0 Å². The average molecular weight is 242 g/mol. The number of anilines is 1. The van der Waals surface area contributed by atoms with Crippen molar-refractivity contribution in [2.75, 3.05) is 11.9 Å². The Labute approximate surface area is 103 Å². The molecule has 0 saturated carbocycles. The topological polar surface area (TPSA) is 37.8 Å². The minimum absolute atomic E-state index is 0.553. The van der Waals surface area contributed by atoms with Gasteiger partial charge in [-0.15, -0.1) is 0 Å². The fourth-order valence-electron chi connectivity index (χ4n) is 1.35. The Morgan fingerprint density at radius 2 is 2.00 bits per heavy atom. The van der Waals surface area contributed by atoms with E-state index in [-0.39, 0.29) is 0 Å². The van der Waals surface area contributed by atoms with Crippen molar-refractivity contribution in [1.29, 1.82) is 0 Å². The molecule has 1 heterocycles. The van der Waals surface area contributed by atoms with Gasteiger partial charge in [0.2, 0.25) is 0 Å². The Bertz CT molecular complexity index is 339. The van der Waals surface area contributed by atoms with Crippen molar-refractivity contribution in [2.45, 2.75) is 34.1 Å². The van der Waals surface area contributed by atoms with E-state index < -0.39 is 0 Å². The quantitative estimate of drug-likeness (QED) is 0.803. The second-order valence-corrected chi connectivity index (χ2v) is 4.81. The highest BCUT2D eigenvalue weighted by atomic mass is 35.5. The van der Waals surface area contributed by atoms with E-state index in [2.05, 4.69) is 43.0 Å². The van der Waals surface area contributed by atoms with Gasteiger partial charge in [0.25, 0.3) is 0 Å². The fourth-order valence-corrected chi connectivity index (χ4v) is 1.62. The third-order valence-corrected chi connectivity index (χ3v) is 3.30. The van der Waals surface area contributed by atoms with Crippen molar-refractivity contribution >= 4 is 17.4 Å². The molecule has 0 spiro atoms. The van der Waals surface area contributed by atoms with Crippen molar-refractivity contribution in [3.05, 3.63) is 17.0 Å². The van der Waals surface area contributed by atoms with Gasteiger partial charge in [-0.05, 0) is 18.3 Å². The van der Waals surface area contributed by atoms with Gasteiger partial charge in [-0.2, -0.15) is 0 Å². The van der Waals surface area contributed by atoms with Crippen LogP contribution in [0.25, 0.3) is 0 Å². The van der Waals surface area contributed by atoms with Crippen molar-refractivity contribution in [3.8, 4) is 0 Å². The zero-order chi connectivity index (χ0) is 12.1. The number of aromatic nitrogens is 2. The van der Waals surface area contributed by atoms with E-state index in [1.807, 2.05) is 0 Å². The van der Waals surface area contributed by atoms with Gasteiger partial charge in [-0.25, -0.2) is 9.97 Å². The molecule has 0 aliphatic heterocycles. The van der Waals surface area contributed by atoms with Crippen molar-refractivity contribution in [2.24, 2.45) is 11.8 Å². The molecule has 3 nitrogen and oxygen atoms in total. The normalized spacial score (nSPS) is 12.9. The summed E-state index contributed by atoms with van der Waals surface area (Å²) >= 11 is 6.02. The summed E-state index contributed by atoms with van der Waals surface area (Å²) < 4.78 is 0. The second-order valence-electron chi connectivity index (χ2n) is 4.45. The molecule has 0 amide bonds. The molecule has 90 valence electrons. The molecule has 1 rings (SSSR count). The molecule has 1 unspecified atom stereocenters. The highest BCUT2D eigenvalue weighted by Gasteiger charge is 2.10. The molecule has 1 aromatic rings. The van der Waals surface area contributed by atoms with Crippen molar-refractivity contribution in [1.82, 2.24) is 9.97 Å². The maximum atomic E-state index is 6.02. The number of halogens is 1. The Morgan fingerprint density at radius 3 is 2.56 bits per heavy atom. The van der Waals surface area contributed by atoms with Crippen LogP contribution in [0, 0.1) is 11.8 Å². The van der Waals surface area contributed by atoms with Gasteiger partial charge in [0.1, 0.15) is 17.3 Å². The Hall–Kier alpha value is -0.830. The molecule has 0 radical (unpaired) electrons. The van der Waals surface area contributed by atoms with E-state index in [1.54, 1.807) is 0 Å². The number of hydrogen-bond donors (Lipinski definition) is 1. The van der Waals surface area contributed by atoms with Crippen molar-refractivity contribution < 1.29 is 0 Å². The van der Waals surface area contributed by atoms with Crippen LogP contribution in [-0.2, 0) is 6.42 Å². The summed E-state index contributed by atoms with van der Waals surface area (Å²) in [6.45, 7) is 9.64. The van der Waals surface area contributed by atoms with Gasteiger partial charge in [0.15, 0.2) is 0 Å². The summed E-state index contributed by atoms with van der Waals surface area (Å²) in [5.41, 5.74) is 1.00. The minimum Gasteiger partial charge on any atom is -0.369 e. The van der Waals surface area contributed by atoms with Crippen LogP contribution in [-0.4, -0.2) is 16.5 Å². The highest BCUT2D eigenvalue weighted by Crippen LogP contribution is 2.21. The monoisotopic (exact) mass is 241 g/mol. The zero-order valence-corrected chi connectivity index (χ0v) is 11.2. The molecular formula is C12H20ClN3. The number of hydrogen-bond acceptors (Lipinski definition) is 3. The molecule has 0 aliphatic carbocycles. The molecule has 0 saturated heterocycles. The Morgan fingerprint density at radius 1 is 1.31 bits per heavy atom. The lowest BCUT2D eigenvalue weighted by Crippen LogP contribution is -2.17. The maximum absolute atomic E-state index is 6.02. The summed E-state index contributed by atoms with van der Waals surface area (Å²) in [6.07, 6.45) is 2.35. The number of nitrogens with one attached hydrogen (secondary N) is 1. The van der Waals surface area contributed by atoms with Gasteiger partial charge in [0.05, 0.1) is 0 Å². The smallest absolute Gasteiger partial charge is 0.137 e. The predicted molar refractivity (Wildman–Crippen MR) is 68.9 cm³/mol. The highest BCUT2D eigenvalue weighted by molar-refractivity contribution is 6.30. The van der Waals surface area contributed by atoms with Crippen LogP contribution in [0.2, 0.25) is 5.15 Å². The van der Waals surface area contributed by atoms with Crippen molar-refractivity contribution in [3.63, 3.8) is 0 Å². The zero-order valence-electron chi connectivity index (χ0n) is 10.4. The molecule has 1 atom stereocenters. The first kappa shape index (κ1) is 13.2. The first-order valence-electron chi connectivity index (χ1n) is 5.79. The van der Waals surface area contributed by atoms with Crippen LogP contribution in [0.4, 0.5) is 5.82 Å². The SMILES string of the molecule is CCc1c(Cl)ncnc1NCC(C)C(C)C. The van der Waals surface area contributed by atoms with Crippen LogP contribution in [0.1, 0.15) is 33.3 Å². The second kappa shape index (κ2) is 6.04. The summed E-state index contributed by atoms with van der Waals surface area (Å²) in [6, 6.07) is 0. The van der Waals surface area contributed by atoms with Gasteiger partial charge in [0, 0.05) is 12.1 Å². The Balaban J connectivity index is 2.70. The molecule has 0 fully saturated rings. The molecule has 0 bridgehead atoms. The largest absolute Gasteiger partial charge is 0.369 e. The molecule has 16 heavy (non-hydrogen) atoms. The summed E-state index contributed by atoms with van der Waals surface area (Å²) in [5, 5.41) is 3.90. The third-order valence-electron chi connectivity index (χ3n) is 2.98. The lowest BCUT2D eigenvalue weighted by atomic mass is 9.98. The molecule has 0 aromatic carbocycles. The summed E-state index contributed by atoms with van der Waals surface area (Å²) in [5.74, 6) is 2.14. The van der Waals surface area contributed by atoms with Crippen LogP contribution in [0.15, 0.2) is 6.33 Å². The first-order chi connectivity index (χ1) is 7.56. The molecule has 4 heteroatoms. The van der Waals surface area contributed by atoms with Crippen LogP contribution >= 0.6 is 11.6 Å². The fraction of sp³-hybridized carbons (Fsp3) is 0.667. The van der Waals surface area contributed by atoms with Gasteiger partial charge in [-0.3, -0.25) is 0 Å². The van der Waals surface area contributed by atoms with Gasteiger partial charge in [-0.1, -0.05) is 39.3 Å². The lowest BCUT2D eigenvalue weighted by molar-refractivity contribution is 0.439. The third kappa shape index (κ3) is 3.34. The average Bonchev–Trinajstić information content (AvgIpc) is 2.25. The van der Waals surface area contributed by atoms with Crippen LogP contribution < -0.4 is 5.32 Å². The van der Waals surface area contributed by atoms with E-state index in [1.165, 1.54) is 6.33 Å². The first-order valence-corrected chi connectivity index (χ1v) is 6.17. The van der Waals surface area contributed by atoms with E-state index in [0.29, 0.717) is 17.0 Å². The maximum Gasteiger partial charge on any atom is 0.137 e.